The molecular weight excluding hydrogens is 456 g/mol. The first-order chi connectivity index (χ1) is 15.7. The Hall–Kier alpha value is -3.52. The fraction of sp³-hybridized carbons (Fsp3) is 0.208. The summed E-state index contributed by atoms with van der Waals surface area (Å²) < 4.78 is 38.9. The van der Waals surface area contributed by atoms with Gasteiger partial charge in [-0.15, -0.1) is 0 Å². The summed E-state index contributed by atoms with van der Waals surface area (Å²) in [6.07, 6.45) is 1.08. The SMILES string of the molecule is CC(C)Oc1c2ccccc2c(OC(F)F)c2c(O)n(-c3ccc(CC(=O)O)cc3Cl)cc12. The molecule has 0 amide bonds. The molecule has 1 heterocycles. The van der Waals surface area contributed by atoms with Gasteiger partial charge in [-0.1, -0.05) is 41.9 Å². The molecule has 4 aromatic rings. The highest BCUT2D eigenvalue weighted by Crippen LogP contribution is 2.49. The Bertz CT molecular complexity index is 1370. The molecule has 1 aromatic heterocycles. The monoisotopic (exact) mass is 475 g/mol. The second-order valence-corrected chi connectivity index (χ2v) is 8.12. The molecule has 0 spiro atoms. The summed E-state index contributed by atoms with van der Waals surface area (Å²) in [5.41, 5.74) is 0.811. The number of alkyl halides is 2. The first-order valence-electron chi connectivity index (χ1n) is 10.1. The van der Waals surface area contributed by atoms with E-state index in [1.165, 1.54) is 16.8 Å². The summed E-state index contributed by atoms with van der Waals surface area (Å²) in [5.74, 6) is -1.15. The van der Waals surface area contributed by atoms with Crippen LogP contribution in [0.25, 0.3) is 27.2 Å². The Morgan fingerprint density at radius 1 is 1.06 bits per heavy atom. The number of rotatable bonds is 7. The Kier molecular flexibility index (Phi) is 6.03. The van der Waals surface area contributed by atoms with Crippen molar-refractivity contribution >= 4 is 39.1 Å². The van der Waals surface area contributed by atoms with E-state index in [0.29, 0.717) is 33.2 Å². The van der Waals surface area contributed by atoms with Gasteiger partial charge in [0.05, 0.1) is 34.0 Å². The molecule has 3 aromatic carbocycles. The maximum Gasteiger partial charge on any atom is 0.387 e. The van der Waals surface area contributed by atoms with Gasteiger partial charge in [-0.3, -0.25) is 9.36 Å². The summed E-state index contributed by atoms with van der Waals surface area (Å²) in [7, 11) is 0. The van der Waals surface area contributed by atoms with Crippen molar-refractivity contribution in [2.45, 2.75) is 33.0 Å². The number of hydrogen-bond acceptors (Lipinski definition) is 4. The molecule has 2 N–H and O–H groups in total. The van der Waals surface area contributed by atoms with Crippen molar-refractivity contribution in [1.29, 1.82) is 0 Å². The number of aromatic nitrogens is 1. The van der Waals surface area contributed by atoms with Crippen molar-refractivity contribution in [2.75, 3.05) is 0 Å². The second kappa shape index (κ2) is 8.78. The number of fused-ring (bicyclic) bond motifs is 2. The van der Waals surface area contributed by atoms with Gasteiger partial charge in [-0.05, 0) is 31.5 Å². The number of carbonyl (C=O) groups is 1. The molecule has 6 nitrogen and oxygen atoms in total. The van der Waals surface area contributed by atoms with Crippen LogP contribution in [0.2, 0.25) is 5.02 Å². The fourth-order valence-corrected chi connectivity index (χ4v) is 4.13. The van der Waals surface area contributed by atoms with Crippen LogP contribution < -0.4 is 9.47 Å². The van der Waals surface area contributed by atoms with Gasteiger partial charge in [0.15, 0.2) is 0 Å². The van der Waals surface area contributed by atoms with E-state index < -0.39 is 12.6 Å². The molecule has 0 unspecified atom stereocenters. The van der Waals surface area contributed by atoms with Crippen LogP contribution in [0.5, 0.6) is 17.4 Å². The maximum absolute atomic E-state index is 13.4. The molecule has 9 heteroatoms. The third kappa shape index (κ3) is 4.26. The maximum atomic E-state index is 13.4. The molecule has 0 aliphatic carbocycles. The Morgan fingerprint density at radius 3 is 2.30 bits per heavy atom. The quantitative estimate of drug-likeness (QED) is 0.334. The second-order valence-electron chi connectivity index (χ2n) is 7.72. The van der Waals surface area contributed by atoms with Crippen molar-refractivity contribution in [3.63, 3.8) is 0 Å². The van der Waals surface area contributed by atoms with Crippen LogP contribution in [0, 0.1) is 0 Å². The van der Waals surface area contributed by atoms with Crippen molar-refractivity contribution < 1.29 is 33.3 Å². The molecule has 0 saturated carbocycles. The van der Waals surface area contributed by atoms with Crippen LogP contribution in [0.4, 0.5) is 8.78 Å². The normalized spacial score (nSPS) is 11.6. The van der Waals surface area contributed by atoms with E-state index in [4.69, 9.17) is 26.2 Å². The van der Waals surface area contributed by atoms with Crippen LogP contribution in [-0.4, -0.2) is 33.5 Å². The van der Waals surface area contributed by atoms with Crippen LogP contribution in [0.15, 0.2) is 48.7 Å². The largest absolute Gasteiger partial charge is 0.494 e. The summed E-state index contributed by atoms with van der Waals surface area (Å²) in [4.78, 5) is 11.0. The number of carboxylic acid groups (broad SMARTS) is 1. The fourth-order valence-electron chi connectivity index (χ4n) is 3.84. The van der Waals surface area contributed by atoms with Crippen molar-refractivity contribution in [1.82, 2.24) is 4.57 Å². The minimum absolute atomic E-state index is 0.0512. The highest BCUT2D eigenvalue weighted by Gasteiger charge is 2.25. The number of carboxylic acids is 1. The van der Waals surface area contributed by atoms with Gasteiger partial charge in [-0.25, -0.2) is 0 Å². The standard InChI is InChI=1S/C24H20ClF2NO5/c1-12(2)32-21-14-5-3-4-6-15(14)22(33-24(26)27)20-16(21)11-28(23(20)31)18-8-7-13(9-17(18)25)10-19(29)30/h3-9,11-12,24,31H,10H2,1-2H3,(H,29,30). The van der Waals surface area contributed by atoms with Crippen molar-refractivity contribution in [2.24, 2.45) is 0 Å². The molecule has 4 rings (SSSR count). The summed E-state index contributed by atoms with van der Waals surface area (Å²) in [5, 5.41) is 21.6. The molecular formula is C24H20ClF2NO5. The highest BCUT2D eigenvalue weighted by molar-refractivity contribution is 6.32. The van der Waals surface area contributed by atoms with Gasteiger partial charge in [0.1, 0.15) is 11.5 Å². The average Bonchev–Trinajstić information content (AvgIpc) is 3.06. The molecule has 0 fully saturated rings. The topological polar surface area (TPSA) is 80.9 Å². The average molecular weight is 476 g/mol. The minimum Gasteiger partial charge on any atom is -0.494 e. The Labute approximate surface area is 192 Å². The zero-order valence-electron chi connectivity index (χ0n) is 17.7. The molecule has 33 heavy (non-hydrogen) atoms. The summed E-state index contributed by atoms with van der Waals surface area (Å²) in [6.45, 7) is 0.549. The van der Waals surface area contributed by atoms with Gasteiger partial charge < -0.3 is 19.7 Å². The summed E-state index contributed by atoms with van der Waals surface area (Å²) >= 11 is 6.39. The lowest BCUT2D eigenvalue weighted by atomic mass is 10.0. The molecule has 0 atom stereocenters. The molecule has 0 saturated heterocycles. The Morgan fingerprint density at radius 2 is 1.73 bits per heavy atom. The van der Waals surface area contributed by atoms with Gasteiger partial charge >= 0.3 is 12.6 Å². The van der Waals surface area contributed by atoms with Crippen molar-refractivity contribution in [3.05, 3.63) is 59.2 Å². The smallest absolute Gasteiger partial charge is 0.387 e. The van der Waals surface area contributed by atoms with Crippen LogP contribution in [-0.2, 0) is 11.2 Å². The highest BCUT2D eigenvalue weighted by atomic mass is 35.5. The van der Waals surface area contributed by atoms with E-state index in [-0.39, 0.29) is 34.6 Å². The zero-order valence-corrected chi connectivity index (χ0v) is 18.4. The third-order valence-electron chi connectivity index (χ3n) is 5.05. The summed E-state index contributed by atoms with van der Waals surface area (Å²) in [6, 6.07) is 11.4. The van der Waals surface area contributed by atoms with Gasteiger partial charge in [-0.2, -0.15) is 8.78 Å². The Balaban J connectivity index is 2.04. The number of nitrogens with zero attached hydrogens (tertiary/aromatic N) is 1. The number of aliphatic carboxylic acids is 1. The van der Waals surface area contributed by atoms with E-state index in [1.54, 1.807) is 36.4 Å². The number of benzene rings is 3. The van der Waals surface area contributed by atoms with E-state index in [9.17, 15) is 18.7 Å². The molecule has 0 aliphatic heterocycles. The van der Waals surface area contributed by atoms with E-state index in [2.05, 4.69) is 0 Å². The number of hydrogen-bond donors (Lipinski definition) is 2. The lowest BCUT2D eigenvalue weighted by Gasteiger charge is -2.17. The molecule has 172 valence electrons. The molecule has 0 aliphatic rings. The van der Waals surface area contributed by atoms with Crippen molar-refractivity contribution in [3.8, 4) is 23.1 Å². The molecule has 0 radical (unpaired) electrons. The van der Waals surface area contributed by atoms with Crippen LogP contribution in [0.3, 0.4) is 0 Å². The van der Waals surface area contributed by atoms with E-state index in [1.807, 2.05) is 13.8 Å². The van der Waals surface area contributed by atoms with Crippen LogP contribution >= 0.6 is 11.6 Å². The van der Waals surface area contributed by atoms with Crippen LogP contribution in [0.1, 0.15) is 19.4 Å². The first-order valence-corrected chi connectivity index (χ1v) is 10.5. The predicted octanol–water partition coefficient (Wildman–Crippen LogP) is 6.16. The predicted molar refractivity (Wildman–Crippen MR) is 121 cm³/mol. The van der Waals surface area contributed by atoms with Gasteiger partial charge in [0.25, 0.3) is 0 Å². The first kappa shape index (κ1) is 22.7. The van der Waals surface area contributed by atoms with E-state index in [0.717, 1.165) is 0 Å². The van der Waals surface area contributed by atoms with E-state index >= 15 is 0 Å². The number of ether oxygens (including phenoxy) is 2. The minimum atomic E-state index is -3.12. The number of halogens is 3. The third-order valence-corrected chi connectivity index (χ3v) is 5.36. The number of aromatic hydroxyl groups is 1. The molecule has 0 bridgehead atoms. The lowest BCUT2D eigenvalue weighted by Crippen LogP contribution is -2.07. The lowest BCUT2D eigenvalue weighted by molar-refractivity contribution is -0.136. The van der Waals surface area contributed by atoms with Gasteiger partial charge in [0.2, 0.25) is 5.88 Å². The van der Waals surface area contributed by atoms with Gasteiger partial charge in [0, 0.05) is 17.0 Å². The zero-order chi connectivity index (χ0) is 23.9.